The van der Waals surface area contributed by atoms with Gasteiger partial charge in [0.25, 0.3) is 0 Å². The van der Waals surface area contributed by atoms with Gasteiger partial charge in [0.2, 0.25) is 10.0 Å². The lowest BCUT2D eigenvalue weighted by Crippen LogP contribution is -2.30. The highest BCUT2D eigenvalue weighted by Gasteiger charge is 2.20. The van der Waals surface area contributed by atoms with Gasteiger partial charge in [-0.2, -0.15) is 4.31 Å². The van der Waals surface area contributed by atoms with Crippen LogP contribution in [0.5, 0.6) is 5.75 Å². The Bertz CT molecular complexity index is 1200. The maximum absolute atomic E-state index is 13.9. The molecule has 0 amide bonds. The SMILES string of the molecule is COc1ccc(F)cc1-c1ccnc2[nH]c(C3=CCN(S(C)(=O)=O)CCC3)cc12. The van der Waals surface area contributed by atoms with Crippen LogP contribution in [0.3, 0.4) is 0 Å². The number of sulfonamides is 1. The fourth-order valence-electron chi connectivity index (χ4n) is 3.72. The number of aromatic nitrogens is 2. The third-order valence-electron chi connectivity index (χ3n) is 5.19. The van der Waals surface area contributed by atoms with Gasteiger partial charge < -0.3 is 9.72 Å². The number of hydrogen-bond donors (Lipinski definition) is 1. The fourth-order valence-corrected chi connectivity index (χ4v) is 4.53. The summed E-state index contributed by atoms with van der Waals surface area (Å²) in [4.78, 5) is 7.74. The quantitative estimate of drug-likeness (QED) is 0.703. The summed E-state index contributed by atoms with van der Waals surface area (Å²) in [6.07, 6.45) is 6.36. The molecule has 1 aliphatic rings. The van der Waals surface area contributed by atoms with Crippen LogP contribution < -0.4 is 4.74 Å². The molecule has 0 saturated carbocycles. The second-order valence-electron chi connectivity index (χ2n) is 7.10. The molecule has 1 N–H and O–H groups in total. The van der Waals surface area contributed by atoms with Gasteiger partial charge in [-0.05, 0) is 54.3 Å². The molecule has 29 heavy (non-hydrogen) atoms. The number of rotatable bonds is 4. The Morgan fingerprint density at radius 2 is 2.03 bits per heavy atom. The number of allylic oxidation sites excluding steroid dienone is 1. The molecular formula is C21H22FN3O3S. The van der Waals surface area contributed by atoms with E-state index in [2.05, 4.69) is 9.97 Å². The zero-order chi connectivity index (χ0) is 20.6. The zero-order valence-corrected chi connectivity index (χ0v) is 17.1. The van der Waals surface area contributed by atoms with Crippen molar-refractivity contribution in [2.24, 2.45) is 0 Å². The predicted octanol–water partition coefficient (Wildman–Crippen LogP) is 3.82. The first-order chi connectivity index (χ1) is 13.9. The van der Waals surface area contributed by atoms with Crippen molar-refractivity contribution in [2.45, 2.75) is 12.8 Å². The number of H-pyrrole nitrogens is 1. The van der Waals surface area contributed by atoms with Gasteiger partial charge in [-0.3, -0.25) is 0 Å². The van der Waals surface area contributed by atoms with Gasteiger partial charge in [0.05, 0.1) is 13.4 Å². The number of aromatic amines is 1. The van der Waals surface area contributed by atoms with Gasteiger partial charge in [-0.15, -0.1) is 0 Å². The second-order valence-corrected chi connectivity index (χ2v) is 9.08. The standard InChI is InChI=1S/C21H22FN3O3S/c1-28-20-6-5-15(22)12-17(20)16-7-9-23-21-18(16)13-19(24-21)14-4-3-10-25(11-8-14)29(2,26)27/h5-9,12-13H,3-4,10-11H2,1-2H3,(H,23,24). The maximum atomic E-state index is 13.9. The first-order valence-corrected chi connectivity index (χ1v) is 11.2. The summed E-state index contributed by atoms with van der Waals surface area (Å²) in [5.74, 6) is 0.244. The molecular weight excluding hydrogens is 393 g/mol. The average Bonchev–Trinajstić information content (AvgIpc) is 2.95. The van der Waals surface area contributed by atoms with Gasteiger partial charge in [-0.1, -0.05) is 6.08 Å². The van der Waals surface area contributed by atoms with Crippen LogP contribution in [-0.4, -0.2) is 49.1 Å². The van der Waals surface area contributed by atoms with Crippen LogP contribution in [-0.2, 0) is 10.0 Å². The molecule has 152 valence electrons. The Kier molecular flexibility index (Phi) is 5.14. The van der Waals surface area contributed by atoms with E-state index in [4.69, 9.17) is 4.74 Å². The molecule has 8 heteroatoms. The van der Waals surface area contributed by atoms with Crippen molar-refractivity contribution in [1.82, 2.24) is 14.3 Å². The number of nitrogens with zero attached hydrogens (tertiary/aromatic N) is 2. The van der Waals surface area contributed by atoms with E-state index in [0.29, 0.717) is 30.0 Å². The molecule has 3 aromatic rings. The summed E-state index contributed by atoms with van der Waals surface area (Å²) in [7, 11) is -1.66. The highest BCUT2D eigenvalue weighted by atomic mass is 32.2. The highest BCUT2D eigenvalue weighted by molar-refractivity contribution is 7.88. The largest absolute Gasteiger partial charge is 0.496 e. The molecule has 0 spiro atoms. The molecule has 0 unspecified atom stereocenters. The van der Waals surface area contributed by atoms with E-state index in [-0.39, 0.29) is 5.82 Å². The smallest absolute Gasteiger partial charge is 0.211 e. The Hall–Kier alpha value is -2.71. The van der Waals surface area contributed by atoms with E-state index in [9.17, 15) is 12.8 Å². The molecule has 2 aromatic heterocycles. The van der Waals surface area contributed by atoms with Crippen LogP contribution in [0.2, 0.25) is 0 Å². The van der Waals surface area contributed by atoms with Crippen molar-refractivity contribution < 1.29 is 17.5 Å². The van der Waals surface area contributed by atoms with E-state index in [1.54, 1.807) is 19.4 Å². The number of benzene rings is 1. The van der Waals surface area contributed by atoms with Gasteiger partial charge in [0.1, 0.15) is 17.2 Å². The van der Waals surface area contributed by atoms with E-state index in [0.717, 1.165) is 35.1 Å². The summed E-state index contributed by atoms with van der Waals surface area (Å²) in [5.41, 5.74) is 4.11. The molecule has 6 nitrogen and oxygen atoms in total. The van der Waals surface area contributed by atoms with Crippen LogP contribution in [0.25, 0.3) is 27.7 Å². The molecule has 3 heterocycles. The average molecular weight is 415 g/mol. The molecule has 0 saturated heterocycles. The number of hydrogen-bond acceptors (Lipinski definition) is 4. The molecule has 4 rings (SSSR count). The van der Waals surface area contributed by atoms with Crippen LogP contribution in [0.4, 0.5) is 4.39 Å². The van der Waals surface area contributed by atoms with Gasteiger partial charge >= 0.3 is 0 Å². The van der Waals surface area contributed by atoms with Crippen LogP contribution in [0.1, 0.15) is 18.5 Å². The Labute approximate surface area is 169 Å². The van der Waals surface area contributed by atoms with Gasteiger partial charge in [0, 0.05) is 35.9 Å². The van der Waals surface area contributed by atoms with Crippen molar-refractivity contribution in [3.63, 3.8) is 0 Å². The van der Waals surface area contributed by atoms with Crippen molar-refractivity contribution in [1.29, 1.82) is 0 Å². The minimum atomic E-state index is -3.22. The number of nitrogens with one attached hydrogen (secondary N) is 1. The number of methoxy groups -OCH3 is 1. The molecule has 0 bridgehead atoms. The van der Waals surface area contributed by atoms with Crippen molar-refractivity contribution in [3.8, 4) is 16.9 Å². The monoisotopic (exact) mass is 415 g/mol. The molecule has 1 aromatic carbocycles. The van der Waals surface area contributed by atoms with Crippen LogP contribution in [0, 0.1) is 5.82 Å². The highest BCUT2D eigenvalue weighted by Crippen LogP contribution is 2.36. The molecule has 0 atom stereocenters. The van der Waals surface area contributed by atoms with Crippen LogP contribution >= 0.6 is 0 Å². The predicted molar refractivity (Wildman–Crippen MR) is 112 cm³/mol. The summed E-state index contributed by atoms with van der Waals surface area (Å²) < 4.78 is 44.5. The van der Waals surface area contributed by atoms with E-state index < -0.39 is 10.0 Å². The summed E-state index contributed by atoms with van der Waals surface area (Å²) in [6.45, 7) is 0.852. The lowest BCUT2D eigenvalue weighted by atomic mass is 10.0. The summed E-state index contributed by atoms with van der Waals surface area (Å²) in [5, 5.41) is 0.858. The third kappa shape index (κ3) is 3.90. The van der Waals surface area contributed by atoms with E-state index >= 15 is 0 Å². The van der Waals surface area contributed by atoms with Gasteiger partial charge in [0.15, 0.2) is 0 Å². The Morgan fingerprint density at radius 1 is 1.21 bits per heavy atom. The fraction of sp³-hybridized carbons (Fsp3) is 0.286. The number of ether oxygens (including phenoxy) is 1. The zero-order valence-electron chi connectivity index (χ0n) is 16.3. The van der Waals surface area contributed by atoms with E-state index in [1.807, 2.05) is 18.2 Å². The number of pyridine rings is 1. The first kappa shape index (κ1) is 19.6. The molecule has 0 radical (unpaired) electrons. The lowest BCUT2D eigenvalue weighted by Gasteiger charge is -2.15. The minimum absolute atomic E-state index is 0.339. The van der Waals surface area contributed by atoms with Gasteiger partial charge in [-0.25, -0.2) is 17.8 Å². The molecule has 1 aliphatic heterocycles. The number of fused-ring (bicyclic) bond motifs is 1. The number of halogens is 1. The third-order valence-corrected chi connectivity index (χ3v) is 6.46. The molecule has 0 aliphatic carbocycles. The van der Waals surface area contributed by atoms with Crippen molar-refractivity contribution in [2.75, 3.05) is 26.5 Å². The maximum Gasteiger partial charge on any atom is 0.211 e. The van der Waals surface area contributed by atoms with Crippen molar-refractivity contribution >= 4 is 26.6 Å². The lowest BCUT2D eigenvalue weighted by molar-refractivity contribution is 0.415. The molecule has 0 fully saturated rings. The Balaban J connectivity index is 1.78. The van der Waals surface area contributed by atoms with E-state index in [1.165, 1.54) is 22.7 Å². The second kappa shape index (κ2) is 7.61. The minimum Gasteiger partial charge on any atom is -0.496 e. The Morgan fingerprint density at radius 3 is 2.79 bits per heavy atom. The topological polar surface area (TPSA) is 75.3 Å². The normalized spacial score (nSPS) is 15.9. The summed E-state index contributed by atoms with van der Waals surface area (Å²) >= 11 is 0. The van der Waals surface area contributed by atoms with Crippen LogP contribution in [0.15, 0.2) is 42.6 Å². The summed E-state index contributed by atoms with van der Waals surface area (Å²) in [6, 6.07) is 8.26. The van der Waals surface area contributed by atoms with Crippen molar-refractivity contribution in [3.05, 3.63) is 54.1 Å². The first-order valence-electron chi connectivity index (χ1n) is 9.33.